The van der Waals surface area contributed by atoms with Crippen LogP contribution in [0, 0.1) is 6.92 Å². The second-order valence-corrected chi connectivity index (χ2v) is 8.59. The fourth-order valence-corrected chi connectivity index (χ4v) is 4.98. The van der Waals surface area contributed by atoms with Crippen LogP contribution in [-0.2, 0) is 10.0 Å². The molecule has 0 bridgehead atoms. The van der Waals surface area contributed by atoms with Crippen LogP contribution in [0.4, 0.5) is 0 Å². The molecule has 1 atom stereocenters. The number of halogens is 1. The van der Waals surface area contributed by atoms with E-state index in [4.69, 9.17) is 0 Å². The number of hydrogen-bond acceptors (Lipinski definition) is 2. The second-order valence-electron chi connectivity index (χ2n) is 5.68. The van der Waals surface area contributed by atoms with Gasteiger partial charge in [-0.15, -0.1) is 0 Å². The standard InChI is InChI=1S/C18H18BrNO2S/c1-14-7-10-17(11-8-14)23(21,22)20-13-16(19)9-12-18(20)15-5-3-2-4-6-15/h2-11,18H,12-13H2,1H3. The summed E-state index contributed by atoms with van der Waals surface area (Å²) >= 11 is 3.46. The van der Waals surface area contributed by atoms with Crippen LogP contribution in [0.5, 0.6) is 0 Å². The van der Waals surface area contributed by atoms with Gasteiger partial charge in [-0.25, -0.2) is 8.42 Å². The molecule has 1 aliphatic rings. The lowest BCUT2D eigenvalue weighted by atomic mass is 10.0. The van der Waals surface area contributed by atoms with E-state index in [0.717, 1.165) is 15.6 Å². The summed E-state index contributed by atoms with van der Waals surface area (Å²) in [5.41, 5.74) is 2.06. The first-order valence-electron chi connectivity index (χ1n) is 7.46. The van der Waals surface area contributed by atoms with Crippen molar-refractivity contribution in [3.05, 3.63) is 76.3 Å². The summed E-state index contributed by atoms with van der Waals surface area (Å²) in [5, 5.41) is 0. The molecule has 3 rings (SSSR count). The van der Waals surface area contributed by atoms with E-state index in [1.807, 2.05) is 49.4 Å². The fraction of sp³-hybridized carbons (Fsp3) is 0.222. The maximum absolute atomic E-state index is 13.1. The lowest BCUT2D eigenvalue weighted by molar-refractivity contribution is 0.337. The summed E-state index contributed by atoms with van der Waals surface area (Å²) in [6.45, 7) is 2.30. The predicted octanol–water partition coefficient (Wildman–Crippen LogP) is 4.41. The molecule has 1 unspecified atom stereocenters. The van der Waals surface area contributed by atoms with Crippen molar-refractivity contribution in [2.24, 2.45) is 0 Å². The fourth-order valence-electron chi connectivity index (χ4n) is 2.76. The van der Waals surface area contributed by atoms with Crippen LogP contribution in [0.1, 0.15) is 23.6 Å². The van der Waals surface area contributed by atoms with E-state index < -0.39 is 10.0 Å². The lowest BCUT2D eigenvalue weighted by Crippen LogP contribution is -2.37. The van der Waals surface area contributed by atoms with Crippen LogP contribution >= 0.6 is 15.9 Å². The quantitative estimate of drug-likeness (QED) is 0.776. The number of rotatable bonds is 3. The van der Waals surface area contributed by atoms with Crippen molar-refractivity contribution in [3.63, 3.8) is 0 Å². The normalized spacial score (nSPS) is 19.4. The van der Waals surface area contributed by atoms with E-state index in [9.17, 15) is 8.42 Å². The summed E-state index contributed by atoms with van der Waals surface area (Å²) in [5.74, 6) is 0. The van der Waals surface area contributed by atoms with E-state index in [1.165, 1.54) is 0 Å². The molecule has 5 heteroatoms. The molecular weight excluding hydrogens is 374 g/mol. The third-order valence-electron chi connectivity index (χ3n) is 4.03. The topological polar surface area (TPSA) is 37.4 Å². The number of sulfonamides is 1. The van der Waals surface area contributed by atoms with Crippen LogP contribution in [0.15, 0.2) is 70.1 Å². The van der Waals surface area contributed by atoms with Crippen LogP contribution in [0.25, 0.3) is 0 Å². The monoisotopic (exact) mass is 391 g/mol. The highest BCUT2D eigenvalue weighted by Gasteiger charge is 2.34. The van der Waals surface area contributed by atoms with Gasteiger partial charge in [-0.1, -0.05) is 70.0 Å². The first-order valence-corrected chi connectivity index (χ1v) is 9.70. The summed E-state index contributed by atoms with van der Waals surface area (Å²) in [4.78, 5) is 0.339. The predicted molar refractivity (Wildman–Crippen MR) is 95.9 cm³/mol. The van der Waals surface area contributed by atoms with Crippen molar-refractivity contribution >= 4 is 26.0 Å². The van der Waals surface area contributed by atoms with E-state index in [0.29, 0.717) is 17.9 Å². The third-order valence-corrected chi connectivity index (χ3v) is 6.47. The van der Waals surface area contributed by atoms with Gasteiger partial charge in [0.15, 0.2) is 0 Å². The smallest absolute Gasteiger partial charge is 0.207 e. The molecule has 0 N–H and O–H groups in total. The van der Waals surface area contributed by atoms with Crippen molar-refractivity contribution in [1.82, 2.24) is 4.31 Å². The van der Waals surface area contributed by atoms with E-state index >= 15 is 0 Å². The Balaban J connectivity index is 2.03. The Morgan fingerprint density at radius 1 is 1.04 bits per heavy atom. The van der Waals surface area contributed by atoms with Gasteiger partial charge in [0.1, 0.15) is 0 Å². The lowest BCUT2D eigenvalue weighted by Gasteiger charge is -2.33. The van der Waals surface area contributed by atoms with Gasteiger partial charge >= 0.3 is 0 Å². The van der Waals surface area contributed by atoms with Gasteiger partial charge in [-0.3, -0.25) is 0 Å². The number of aryl methyl sites for hydroxylation is 1. The molecular formula is C18H18BrNO2S. The summed E-state index contributed by atoms with van der Waals surface area (Å²) in [6.07, 6.45) is 2.72. The zero-order chi connectivity index (χ0) is 16.4. The highest BCUT2D eigenvalue weighted by atomic mass is 79.9. The molecule has 1 heterocycles. The largest absolute Gasteiger partial charge is 0.243 e. The molecule has 0 amide bonds. The zero-order valence-electron chi connectivity index (χ0n) is 12.8. The van der Waals surface area contributed by atoms with Gasteiger partial charge < -0.3 is 0 Å². The maximum atomic E-state index is 13.1. The highest BCUT2D eigenvalue weighted by molar-refractivity contribution is 9.11. The number of nitrogens with zero attached hydrogens (tertiary/aromatic N) is 1. The molecule has 0 spiro atoms. The number of hydrogen-bond donors (Lipinski definition) is 0. The molecule has 0 saturated heterocycles. The van der Waals surface area contributed by atoms with Crippen LogP contribution < -0.4 is 0 Å². The minimum atomic E-state index is -3.55. The summed E-state index contributed by atoms with van der Waals surface area (Å²) in [6, 6.07) is 16.6. The van der Waals surface area contributed by atoms with Crippen molar-refractivity contribution in [2.45, 2.75) is 24.3 Å². The molecule has 3 nitrogen and oxygen atoms in total. The Morgan fingerprint density at radius 2 is 1.70 bits per heavy atom. The minimum Gasteiger partial charge on any atom is -0.207 e. The van der Waals surface area contributed by atoms with E-state index in [-0.39, 0.29) is 6.04 Å². The average Bonchev–Trinajstić information content (AvgIpc) is 2.56. The average molecular weight is 392 g/mol. The highest BCUT2D eigenvalue weighted by Crippen LogP contribution is 2.36. The second kappa shape index (κ2) is 6.59. The van der Waals surface area contributed by atoms with Gasteiger partial charge in [0.2, 0.25) is 10.0 Å². The molecule has 120 valence electrons. The van der Waals surface area contributed by atoms with Gasteiger partial charge in [-0.2, -0.15) is 4.31 Å². The molecule has 0 fully saturated rings. The van der Waals surface area contributed by atoms with Crippen molar-refractivity contribution < 1.29 is 8.42 Å². The van der Waals surface area contributed by atoms with Gasteiger partial charge in [0.25, 0.3) is 0 Å². The van der Waals surface area contributed by atoms with Crippen LogP contribution in [-0.4, -0.2) is 19.3 Å². The molecule has 23 heavy (non-hydrogen) atoms. The minimum absolute atomic E-state index is 0.177. The molecule has 2 aromatic carbocycles. The van der Waals surface area contributed by atoms with Crippen molar-refractivity contribution in [3.8, 4) is 0 Å². The van der Waals surface area contributed by atoms with Crippen LogP contribution in [0.3, 0.4) is 0 Å². The Kier molecular flexibility index (Phi) is 4.71. The molecule has 0 radical (unpaired) electrons. The first kappa shape index (κ1) is 16.4. The summed E-state index contributed by atoms with van der Waals surface area (Å²) < 4.78 is 28.7. The Bertz CT molecular complexity index is 814. The Hall–Kier alpha value is -1.43. The molecule has 1 aliphatic heterocycles. The van der Waals surface area contributed by atoms with Gasteiger partial charge in [0.05, 0.1) is 10.9 Å². The molecule has 2 aromatic rings. The summed E-state index contributed by atoms with van der Waals surface area (Å²) in [7, 11) is -3.55. The van der Waals surface area contributed by atoms with Crippen molar-refractivity contribution in [1.29, 1.82) is 0 Å². The Morgan fingerprint density at radius 3 is 2.35 bits per heavy atom. The SMILES string of the molecule is Cc1ccc(S(=O)(=O)N2CC(Br)=CCC2c2ccccc2)cc1. The van der Waals surface area contributed by atoms with Gasteiger partial charge in [-0.05, 0) is 31.0 Å². The Labute approximate surface area is 145 Å². The molecule has 0 aromatic heterocycles. The molecule has 0 saturated carbocycles. The number of benzene rings is 2. The molecule has 0 aliphatic carbocycles. The van der Waals surface area contributed by atoms with Crippen molar-refractivity contribution in [2.75, 3.05) is 6.54 Å². The first-order chi connectivity index (χ1) is 11.0. The van der Waals surface area contributed by atoms with E-state index in [2.05, 4.69) is 22.0 Å². The zero-order valence-corrected chi connectivity index (χ0v) is 15.2. The van der Waals surface area contributed by atoms with E-state index in [1.54, 1.807) is 16.4 Å². The third kappa shape index (κ3) is 3.42. The van der Waals surface area contributed by atoms with Gasteiger partial charge in [0, 0.05) is 11.0 Å². The maximum Gasteiger partial charge on any atom is 0.243 e. The van der Waals surface area contributed by atoms with Crippen LogP contribution in [0.2, 0.25) is 0 Å².